The maximum absolute atomic E-state index is 12.2. The predicted molar refractivity (Wildman–Crippen MR) is 103 cm³/mol. The number of benzene rings is 1. The first-order chi connectivity index (χ1) is 12.7. The van der Waals surface area contributed by atoms with Crippen LogP contribution in [0.25, 0.3) is 10.8 Å². The Balaban J connectivity index is 1.45. The minimum atomic E-state index is -0.317. The van der Waals surface area contributed by atoms with E-state index in [0.29, 0.717) is 17.7 Å². The summed E-state index contributed by atoms with van der Waals surface area (Å²) in [5, 5.41) is 13.0. The van der Waals surface area contributed by atoms with E-state index in [0.717, 1.165) is 22.6 Å². The highest BCUT2D eigenvalue weighted by molar-refractivity contribution is 8.00. The molecule has 26 heavy (non-hydrogen) atoms. The van der Waals surface area contributed by atoms with Gasteiger partial charge in [0, 0.05) is 6.54 Å². The maximum atomic E-state index is 12.2. The summed E-state index contributed by atoms with van der Waals surface area (Å²) in [5.41, 5.74) is 1.14. The van der Waals surface area contributed by atoms with Crippen molar-refractivity contribution in [2.24, 2.45) is 0 Å². The van der Waals surface area contributed by atoms with Gasteiger partial charge in [-0.25, -0.2) is 0 Å². The average molecular weight is 390 g/mol. The zero-order valence-electron chi connectivity index (χ0n) is 14.5. The molecule has 0 radical (unpaired) electrons. The molecule has 2 aromatic heterocycles. The molecule has 0 fully saturated rings. The molecule has 6 nitrogen and oxygen atoms in total. The lowest BCUT2D eigenvalue weighted by molar-refractivity contribution is -0.120. The van der Waals surface area contributed by atoms with Crippen molar-refractivity contribution in [1.29, 1.82) is 0 Å². The number of aromatic nitrogens is 2. The zero-order chi connectivity index (χ0) is 18.4. The molecule has 1 atom stereocenters. The molecule has 3 aromatic rings. The number of thioether (sulfide) groups is 1. The third kappa shape index (κ3) is 4.86. The molecule has 1 amide bonds. The van der Waals surface area contributed by atoms with Crippen LogP contribution in [0.2, 0.25) is 0 Å². The summed E-state index contributed by atoms with van der Waals surface area (Å²) in [6, 6.07) is 11.7. The van der Waals surface area contributed by atoms with E-state index in [4.69, 9.17) is 9.15 Å². The fourth-order valence-electron chi connectivity index (χ4n) is 2.23. The number of hydrogen-bond donors (Lipinski definition) is 1. The Kier molecular flexibility index (Phi) is 6.30. The first-order valence-corrected chi connectivity index (χ1v) is 9.86. The molecule has 0 saturated heterocycles. The van der Waals surface area contributed by atoms with Crippen molar-refractivity contribution in [3.8, 4) is 16.5 Å². The molecule has 0 spiro atoms. The van der Waals surface area contributed by atoms with Gasteiger partial charge in [-0.15, -0.1) is 21.5 Å². The molecule has 8 heteroatoms. The first kappa shape index (κ1) is 18.5. The Hall–Kier alpha value is -2.32. The molecule has 0 saturated carbocycles. The number of carbonyl (C=O) groups is 1. The van der Waals surface area contributed by atoms with Gasteiger partial charge >= 0.3 is 0 Å². The van der Waals surface area contributed by atoms with Gasteiger partial charge in [-0.1, -0.05) is 30.0 Å². The quantitative estimate of drug-likeness (QED) is 0.593. The Morgan fingerprint density at radius 2 is 2.12 bits per heavy atom. The van der Waals surface area contributed by atoms with Gasteiger partial charge in [0.05, 0.1) is 17.2 Å². The summed E-state index contributed by atoms with van der Waals surface area (Å²) >= 11 is 2.79. The smallest absolute Gasteiger partial charge is 0.277 e. The molecule has 0 aliphatic rings. The van der Waals surface area contributed by atoms with Gasteiger partial charge in [0.2, 0.25) is 5.91 Å². The third-order valence-electron chi connectivity index (χ3n) is 3.66. The summed E-state index contributed by atoms with van der Waals surface area (Å²) in [5.74, 6) is 1.25. The van der Waals surface area contributed by atoms with E-state index in [1.165, 1.54) is 23.1 Å². The molecule has 1 N–H and O–H groups in total. The van der Waals surface area contributed by atoms with Gasteiger partial charge in [-0.2, -0.15) is 0 Å². The molecule has 1 unspecified atom stereocenters. The highest BCUT2D eigenvalue weighted by Gasteiger charge is 2.18. The van der Waals surface area contributed by atoms with E-state index in [9.17, 15) is 4.79 Å². The number of carbonyl (C=O) groups excluding carboxylic acids is 1. The average Bonchev–Trinajstić information content (AvgIpc) is 3.33. The molecule has 3 rings (SSSR count). The van der Waals surface area contributed by atoms with Crippen LogP contribution in [0.1, 0.15) is 12.5 Å². The fraction of sp³-hybridized carbons (Fsp3) is 0.278. The van der Waals surface area contributed by atoms with Crippen LogP contribution in [0.4, 0.5) is 0 Å². The summed E-state index contributed by atoms with van der Waals surface area (Å²) in [6.07, 6.45) is 0.760. The van der Waals surface area contributed by atoms with Crippen molar-refractivity contribution in [2.45, 2.75) is 23.8 Å². The van der Waals surface area contributed by atoms with Crippen LogP contribution in [-0.4, -0.2) is 35.0 Å². The zero-order valence-corrected chi connectivity index (χ0v) is 16.1. The lowest BCUT2D eigenvalue weighted by atomic mass is 10.1. The van der Waals surface area contributed by atoms with Crippen LogP contribution in [0.3, 0.4) is 0 Å². The number of thiophene rings is 1. The maximum Gasteiger partial charge on any atom is 0.277 e. The van der Waals surface area contributed by atoms with Gasteiger partial charge < -0.3 is 14.5 Å². The van der Waals surface area contributed by atoms with Crippen molar-refractivity contribution in [1.82, 2.24) is 15.5 Å². The van der Waals surface area contributed by atoms with Gasteiger partial charge in [0.25, 0.3) is 11.1 Å². The second-order valence-electron chi connectivity index (χ2n) is 5.50. The van der Waals surface area contributed by atoms with E-state index < -0.39 is 0 Å². The van der Waals surface area contributed by atoms with Crippen LogP contribution in [0.15, 0.2) is 51.4 Å². The molecular weight excluding hydrogens is 370 g/mol. The van der Waals surface area contributed by atoms with E-state index in [1.807, 2.05) is 48.7 Å². The summed E-state index contributed by atoms with van der Waals surface area (Å²) < 4.78 is 10.7. The standard InChI is InChI=1S/C18H19N3O3S2/c1-12(26-18-21-20-17(24-18)15-4-3-11-25-15)16(22)19-10-9-13-5-7-14(23-2)8-6-13/h3-8,11-12H,9-10H2,1-2H3,(H,19,22). The largest absolute Gasteiger partial charge is 0.497 e. The fourth-order valence-corrected chi connectivity index (χ4v) is 3.58. The van der Waals surface area contributed by atoms with E-state index in [2.05, 4.69) is 15.5 Å². The molecule has 0 bridgehead atoms. The first-order valence-electron chi connectivity index (χ1n) is 8.10. The SMILES string of the molecule is COc1ccc(CCNC(=O)C(C)Sc2nnc(-c3cccs3)o2)cc1. The van der Waals surface area contributed by atoms with Gasteiger partial charge in [-0.3, -0.25) is 4.79 Å². The van der Waals surface area contributed by atoms with E-state index in [1.54, 1.807) is 7.11 Å². The Morgan fingerprint density at radius 1 is 1.31 bits per heavy atom. The molecule has 0 aliphatic heterocycles. The summed E-state index contributed by atoms with van der Waals surface area (Å²) in [4.78, 5) is 13.2. The third-order valence-corrected chi connectivity index (χ3v) is 5.45. The molecular formula is C18H19N3O3S2. The van der Waals surface area contributed by atoms with Crippen LogP contribution in [0.5, 0.6) is 5.75 Å². The monoisotopic (exact) mass is 389 g/mol. The van der Waals surface area contributed by atoms with Crippen LogP contribution < -0.4 is 10.1 Å². The van der Waals surface area contributed by atoms with Crippen LogP contribution in [-0.2, 0) is 11.2 Å². The number of rotatable bonds is 8. The lowest BCUT2D eigenvalue weighted by Gasteiger charge is -2.10. The molecule has 0 aliphatic carbocycles. The van der Waals surface area contributed by atoms with Crippen molar-refractivity contribution in [3.63, 3.8) is 0 Å². The summed E-state index contributed by atoms with van der Waals surface area (Å²) in [7, 11) is 1.64. The van der Waals surface area contributed by atoms with Crippen molar-refractivity contribution >= 4 is 29.0 Å². The highest BCUT2D eigenvalue weighted by atomic mass is 32.2. The van der Waals surface area contributed by atoms with Gasteiger partial charge in [0.15, 0.2) is 0 Å². The molecule has 136 valence electrons. The topological polar surface area (TPSA) is 77.2 Å². The second-order valence-corrected chi connectivity index (χ2v) is 7.74. The minimum absolute atomic E-state index is 0.0561. The van der Waals surface area contributed by atoms with Crippen molar-refractivity contribution in [3.05, 3.63) is 47.3 Å². The number of ether oxygens (including phenoxy) is 1. The van der Waals surface area contributed by atoms with E-state index >= 15 is 0 Å². The normalized spacial score (nSPS) is 11.9. The number of nitrogens with one attached hydrogen (secondary N) is 1. The Morgan fingerprint density at radius 3 is 2.81 bits per heavy atom. The molecule has 2 heterocycles. The van der Waals surface area contributed by atoms with Crippen LogP contribution >= 0.6 is 23.1 Å². The number of hydrogen-bond acceptors (Lipinski definition) is 7. The van der Waals surface area contributed by atoms with Gasteiger partial charge in [0.1, 0.15) is 5.75 Å². The number of nitrogens with zero attached hydrogens (tertiary/aromatic N) is 2. The predicted octanol–water partition coefficient (Wildman–Crippen LogP) is 3.65. The number of methoxy groups -OCH3 is 1. The van der Waals surface area contributed by atoms with Crippen molar-refractivity contribution in [2.75, 3.05) is 13.7 Å². The van der Waals surface area contributed by atoms with Gasteiger partial charge in [-0.05, 0) is 42.5 Å². The molecule has 1 aromatic carbocycles. The van der Waals surface area contributed by atoms with Crippen LogP contribution in [0, 0.1) is 0 Å². The van der Waals surface area contributed by atoms with E-state index in [-0.39, 0.29) is 11.2 Å². The second kappa shape index (κ2) is 8.86. The highest BCUT2D eigenvalue weighted by Crippen LogP contribution is 2.28. The van der Waals surface area contributed by atoms with Crippen molar-refractivity contribution < 1.29 is 13.9 Å². The lowest BCUT2D eigenvalue weighted by Crippen LogP contribution is -2.32. The number of amides is 1. The minimum Gasteiger partial charge on any atom is -0.497 e. The summed E-state index contributed by atoms with van der Waals surface area (Å²) in [6.45, 7) is 2.39. The Bertz CT molecular complexity index is 832. The Labute approximate surface area is 160 Å².